The van der Waals surface area contributed by atoms with E-state index in [0.29, 0.717) is 24.7 Å². The fourth-order valence-electron chi connectivity index (χ4n) is 5.15. The first-order valence-corrected chi connectivity index (χ1v) is 13.8. The third-order valence-corrected chi connectivity index (χ3v) is 7.41. The minimum absolute atomic E-state index is 0.0204. The Hall–Kier alpha value is -3.53. The number of benzene rings is 3. The van der Waals surface area contributed by atoms with Gasteiger partial charge in [0.1, 0.15) is 12.4 Å². The number of nitrogens with zero attached hydrogens (tertiary/aromatic N) is 1. The van der Waals surface area contributed by atoms with E-state index in [9.17, 15) is 4.79 Å². The van der Waals surface area contributed by atoms with Gasteiger partial charge in [-0.3, -0.25) is 0 Å². The molecule has 0 amide bonds. The van der Waals surface area contributed by atoms with Crippen LogP contribution < -0.4 is 9.64 Å². The molecule has 0 aliphatic heterocycles. The Kier molecular flexibility index (Phi) is 8.30. The van der Waals surface area contributed by atoms with Crippen molar-refractivity contribution in [3.05, 3.63) is 94.6 Å². The molecule has 200 valence electrons. The van der Waals surface area contributed by atoms with E-state index in [2.05, 4.69) is 88.9 Å². The molecule has 1 aliphatic carbocycles. The van der Waals surface area contributed by atoms with Gasteiger partial charge < -0.3 is 14.4 Å². The zero-order valence-electron chi connectivity index (χ0n) is 23.9. The number of rotatable bonds is 9. The van der Waals surface area contributed by atoms with Crippen molar-refractivity contribution in [3.63, 3.8) is 0 Å². The van der Waals surface area contributed by atoms with E-state index in [0.717, 1.165) is 35.7 Å². The normalized spacial score (nSPS) is 14.1. The maximum Gasteiger partial charge on any atom is 0.338 e. The predicted octanol–water partition coefficient (Wildman–Crippen LogP) is 8.63. The quantitative estimate of drug-likeness (QED) is 0.270. The van der Waals surface area contributed by atoms with E-state index in [1.165, 1.54) is 22.3 Å². The molecule has 4 heteroatoms. The molecule has 0 fully saturated rings. The first-order chi connectivity index (χ1) is 18.1. The lowest BCUT2D eigenvalue weighted by Crippen LogP contribution is -2.24. The van der Waals surface area contributed by atoms with E-state index in [1.54, 1.807) is 0 Å². The lowest BCUT2D eigenvalue weighted by molar-refractivity contribution is 0.0526. The Morgan fingerprint density at radius 2 is 1.68 bits per heavy atom. The van der Waals surface area contributed by atoms with Crippen molar-refractivity contribution in [2.24, 2.45) is 5.92 Å². The summed E-state index contributed by atoms with van der Waals surface area (Å²) in [5.74, 6) is 1.00. The summed E-state index contributed by atoms with van der Waals surface area (Å²) in [7, 11) is 0. The molecule has 1 aliphatic rings. The molecule has 0 radical (unpaired) electrons. The zero-order valence-corrected chi connectivity index (χ0v) is 23.9. The van der Waals surface area contributed by atoms with Gasteiger partial charge in [-0.1, -0.05) is 63.6 Å². The molecule has 0 saturated heterocycles. The van der Waals surface area contributed by atoms with Gasteiger partial charge in [0, 0.05) is 12.2 Å². The third-order valence-electron chi connectivity index (χ3n) is 7.41. The fraction of sp³-hybridized carbons (Fsp3) is 0.382. The number of carbonyl (C=O) groups is 1. The molecule has 0 N–H and O–H groups in total. The van der Waals surface area contributed by atoms with Gasteiger partial charge in [-0.2, -0.15) is 0 Å². The maximum absolute atomic E-state index is 12.2. The van der Waals surface area contributed by atoms with Crippen molar-refractivity contribution in [2.45, 2.75) is 66.9 Å². The molecule has 0 saturated carbocycles. The van der Waals surface area contributed by atoms with Gasteiger partial charge in [0.05, 0.1) is 17.9 Å². The summed E-state index contributed by atoms with van der Waals surface area (Å²) >= 11 is 0. The molecule has 4 nitrogen and oxygen atoms in total. The number of carbonyl (C=O) groups excluding carboxylic acids is 1. The van der Waals surface area contributed by atoms with E-state index in [1.807, 2.05) is 31.2 Å². The summed E-state index contributed by atoms with van der Waals surface area (Å²) in [4.78, 5) is 14.5. The minimum Gasteiger partial charge on any atom is -0.487 e. The van der Waals surface area contributed by atoms with Crippen LogP contribution in [-0.4, -0.2) is 19.1 Å². The van der Waals surface area contributed by atoms with Crippen LogP contribution in [0.4, 0.5) is 11.4 Å². The molecule has 0 spiro atoms. The number of aryl methyl sites for hydroxylation is 1. The highest BCUT2D eigenvalue weighted by atomic mass is 16.5. The number of hydrogen-bond acceptors (Lipinski definition) is 4. The molecule has 0 heterocycles. The Bertz CT molecular complexity index is 1300. The SMILES string of the molecule is CCOC(=O)c1ccc(N(CC)c2cc3c(cc2OCc2ccc(C)cc2)C(C)(C)CC=C3C(C)C)cc1. The van der Waals surface area contributed by atoms with Gasteiger partial charge >= 0.3 is 5.97 Å². The van der Waals surface area contributed by atoms with Crippen LogP contribution in [0.2, 0.25) is 0 Å². The molecule has 38 heavy (non-hydrogen) atoms. The average molecular weight is 512 g/mol. The topological polar surface area (TPSA) is 38.8 Å². The molecule has 4 rings (SSSR count). The van der Waals surface area contributed by atoms with E-state index >= 15 is 0 Å². The second-order valence-corrected chi connectivity index (χ2v) is 11.1. The smallest absolute Gasteiger partial charge is 0.338 e. The highest BCUT2D eigenvalue weighted by Gasteiger charge is 2.31. The monoisotopic (exact) mass is 511 g/mol. The summed E-state index contributed by atoms with van der Waals surface area (Å²) in [5.41, 5.74) is 9.02. The average Bonchev–Trinajstić information content (AvgIpc) is 2.89. The van der Waals surface area contributed by atoms with Crippen molar-refractivity contribution in [3.8, 4) is 5.75 Å². The molecule has 0 aromatic heterocycles. The Morgan fingerprint density at radius 1 is 1.00 bits per heavy atom. The highest BCUT2D eigenvalue weighted by Crippen LogP contribution is 2.47. The fourth-order valence-corrected chi connectivity index (χ4v) is 5.15. The Balaban J connectivity index is 1.80. The van der Waals surface area contributed by atoms with Gasteiger partial charge in [-0.05, 0) is 97.2 Å². The van der Waals surface area contributed by atoms with E-state index < -0.39 is 0 Å². The summed E-state index contributed by atoms with van der Waals surface area (Å²) in [5, 5.41) is 0. The van der Waals surface area contributed by atoms with Crippen molar-refractivity contribution < 1.29 is 14.3 Å². The number of hydrogen-bond donors (Lipinski definition) is 0. The molecule has 0 bridgehead atoms. The van der Waals surface area contributed by atoms with Crippen LogP contribution >= 0.6 is 0 Å². The zero-order chi connectivity index (χ0) is 27.4. The van der Waals surface area contributed by atoms with Crippen LogP contribution in [-0.2, 0) is 16.8 Å². The van der Waals surface area contributed by atoms with Crippen molar-refractivity contribution in [1.29, 1.82) is 0 Å². The third kappa shape index (κ3) is 5.80. The van der Waals surface area contributed by atoms with Gasteiger partial charge in [0.2, 0.25) is 0 Å². The van der Waals surface area contributed by atoms with Crippen LogP contribution in [0.5, 0.6) is 5.75 Å². The molecular weight excluding hydrogens is 470 g/mol. The van der Waals surface area contributed by atoms with Gasteiger partial charge in [0.25, 0.3) is 0 Å². The second kappa shape index (κ2) is 11.5. The first-order valence-electron chi connectivity index (χ1n) is 13.8. The van der Waals surface area contributed by atoms with E-state index in [-0.39, 0.29) is 11.4 Å². The summed E-state index contributed by atoms with van der Waals surface area (Å²) in [6, 6.07) is 20.7. The lowest BCUT2D eigenvalue weighted by atomic mass is 9.71. The predicted molar refractivity (Wildman–Crippen MR) is 157 cm³/mol. The number of fused-ring (bicyclic) bond motifs is 1. The van der Waals surface area contributed by atoms with Crippen LogP contribution in [0.1, 0.15) is 80.6 Å². The largest absolute Gasteiger partial charge is 0.487 e. The number of ether oxygens (including phenoxy) is 2. The highest BCUT2D eigenvalue weighted by molar-refractivity contribution is 5.90. The van der Waals surface area contributed by atoms with Gasteiger partial charge in [0.15, 0.2) is 0 Å². The van der Waals surface area contributed by atoms with Crippen molar-refractivity contribution in [2.75, 3.05) is 18.1 Å². The van der Waals surface area contributed by atoms with Gasteiger partial charge in [-0.25, -0.2) is 4.79 Å². The molecule has 3 aromatic rings. The summed E-state index contributed by atoms with van der Waals surface area (Å²) in [6.07, 6.45) is 3.42. The number of anilines is 2. The first kappa shape index (κ1) is 27.5. The molecule has 3 aromatic carbocycles. The van der Waals surface area contributed by atoms with E-state index in [4.69, 9.17) is 9.47 Å². The number of esters is 1. The maximum atomic E-state index is 12.2. The van der Waals surface area contributed by atoms with Crippen LogP contribution in [0, 0.1) is 12.8 Å². The molecule has 0 atom stereocenters. The van der Waals surface area contributed by atoms with Crippen LogP contribution in [0.3, 0.4) is 0 Å². The van der Waals surface area contributed by atoms with Crippen molar-refractivity contribution in [1.82, 2.24) is 0 Å². The molecular formula is C34H41NO3. The van der Waals surface area contributed by atoms with Gasteiger partial charge in [-0.15, -0.1) is 0 Å². The standard InChI is InChI=1S/C34H41NO3/c1-8-35(27-16-14-26(15-17-27)33(36)37-9-2)31-20-29-28(23(3)4)18-19-34(6,7)30(29)21-32(31)38-22-25-12-10-24(5)11-13-25/h10-18,20-21,23H,8-9,19,22H2,1-7H3. The molecule has 0 unspecified atom stereocenters. The summed E-state index contributed by atoms with van der Waals surface area (Å²) in [6.45, 7) is 16.8. The van der Waals surface area contributed by atoms with Crippen molar-refractivity contribution >= 4 is 22.9 Å². The van der Waals surface area contributed by atoms with Crippen LogP contribution in [0.25, 0.3) is 5.57 Å². The summed E-state index contributed by atoms with van der Waals surface area (Å²) < 4.78 is 11.8. The Labute approximate surface area is 228 Å². The lowest BCUT2D eigenvalue weighted by Gasteiger charge is -2.36. The number of allylic oxidation sites excluding steroid dienone is 2. The second-order valence-electron chi connectivity index (χ2n) is 11.1. The minimum atomic E-state index is -0.299. The van der Waals surface area contributed by atoms with Crippen LogP contribution in [0.15, 0.2) is 66.7 Å². The Morgan fingerprint density at radius 3 is 2.29 bits per heavy atom.